The molecular formula is C41H67N3O4S. The smallest absolute Gasteiger partial charge is 0.251 e. The van der Waals surface area contributed by atoms with Crippen molar-refractivity contribution in [3.05, 3.63) is 95.1 Å². The van der Waals surface area contributed by atoms with Gasteiger partial charge in [0.05, 0.1) is 23.6 Å². The van der Waals surface area contributed by atoms with Gasteiger partial charge in [-0.15, -0.1) is 0 Å². The third-order valence-corrected chi connectivity index (χ3v) is 9.94. The molecule has 0 saturated heterocycles. The van der Waals surface area contributed by atoms with Crippen LogP contribution in [0.15, 0.2) is 72.8 Å². The largest absolute Gasteiger partial charge is 0.390 e. The zero-order chi connectivity index (χ0) is 37.4. The summed E-state index contributed by atoms with van der Waals surface area (Å²) in [6, 6.07) is 12.7. The molecule has 0 spiro atoms. The maximum Gasteiger partial charge on any atom is 0.251 e. The predicted octanol–water partition coefficient (Wildman–Crippen LogP) is 9.02. The molecular weight excluding hydrogens is 631 g/mol. The molecule has 0 saturated carbocycles. The summed E-state index contributed by atoms with van der Waals surface area (Å²) in [5.41, 5.74) is 5.67. The van der Waals surface area contributed by atoms with Crippen LogP contribution in [0.2, 0.25) is 0 Å². The van der Waals surface area contributed by atoms with Crippen LogP contribution in [0.1, 0.15) is 121 Å². The maximum atomic E-state index is 14.0. The summed E-state index contributed by atoms with van der Waals surface area (Å²) >= 11 is 0. The van der Waals surface area contributed by atoms with Crippen molar-refractivity contribution in [3.8, 4) is 0 Å². The molecule has 0 aliphatic rings. The van der Waals surface area contributed by atoms with Crippen molar-refractivity contribution in [1.29, 1.82) is 0 Å². The minimum absolute atomic E-state index is 0.0253. The lowest BCUT2D eigenvalue weighted by molar-refractivity contribution is 0.0832. The number of hydrogen-bond donors (Lipinski definition) is 3. The summed E-state index contributed by atoms with van der Waals surface area (Å²) in [5, 5.41) is 17.6. The van der Waals surface area contributed by atoms with Gasteiger partial charge in [0.15, 0.2) is 0 Å². The van der Waals surface area contributed by atoms with E-state index in [0.29, 0.717) is 30.6 Å². The number of unbranched alkanes of at least 4 members (excludes halogenated alkanes) is 1. The fourth-order valence-corrected chi connectivity index (χ4v) is 6.93. The molecule has 0 bridgehead atoms. The molecule has 2 rings (SSSR count). The van der Waals surface area contributed by atoms with Gasteiger partial charge in [0.25, 0.3) is 5.91 Å². The maximum absolute atomic E-state index is 14.0. The summed E-state index contributed by atoms with van der Waals surface area (Å²) in [6.07, 6.45) is 9.91. The van der Waals surface area contributed by atoms with Crippen LogP contribution < -0.4 is 14.9 Å². The minimum atomic E-state index is -3.58. The molecule has 49 heavy (non-hydrogen) atoms. The van der Waals surface area contributed by atoms with Gasteiger partial charge in [0, 0.05) is 25.2 Å². The van der Waals surface area contributed by atoms with Gasteiger partial charge in [-0.05, 0) is 93.3 Å². The molecule has 1 amide bonds. The van der Waals surface area contributed by atoms with Gasteiger partial charge in [-0.25, -0.2) is 8.42 Å². The van der Waals surface area contributed by atoms with E-state index in [1.54, 1.807) is 12.1 Å². The molecule has 2 atom stereocenters. The van der Waals surface area contributed by atoms with Crippen LogP contribution >= 0.6 is 0 Å². The van der Waals surface area contributed by atoms with Gasteiger partial charge in [-0.2, -0.15) is 0 Å². The van der Waals surface area contributed by atoms with Gasteiger partial charge in [-0.3, -0.25) is 9.10 Å². The number of rotatable bonds is 19. The van der Waals surface area contributed by atoms with E-state index >= 15 is 0 Å². The van der Waals surface area contributed by atoms with Crippen molar-refractivity contribution < 1.29 is 18.3 Å². The van der Waals surface area contributed by atoms with E-state index < -0.39 is 22.2 Å². The fraction of sp³-hybridized carbons (Fsp3) is 0.537. The molecule has 0 radical (unpaired) electrons. The standard InChI is InChI=1S/C36H53N3O4S.C3H8.C2H6/c1-8-14-20-30(12-5)32-23-31(24-34(27(32)7)39(13-6)44(42,43)21-9-2)36(41)38-33(22-29-18-16-15-17-19-29)35(40)26-37-25-28(10-3)11-4;1-3-2;1-2/h10-12,15-19,23-24,33,35,37,40H,3,8-9,13-14,20-22,25-26H2,1-2,4-7H3,(H,38,41);3H2,1-2H3;1-2H3/b28-11+,30-12-;;. The number of sulfonamides is 1. The Kier molecular flexibility index (Phi) is 24.0. The Bertz CT molecular complexity index is 1400. The van der Waals surface area contributed by atoms with Gasteiger partial charge in [-0.1, -0.05) is 110 Å². The minimum Gasteiger partial charge on any atom is -0.390 e. The Morgan fingerprint density at radius 1 is 1.00 bits per heavy atom. The highest BCUT2D eigenvalue weighted by atomic mass is 32.2. The average Bonchev–Trinajstić information content (AvgIpc) is 3.09. The van der Waals surface area contributed by atoms with E-state index in [-0.39, 0.29) is 24.7 Å². The lowest BCUT2D eigenvalue weighted by Crippen LogP contribution is -2.49. The predicted molar refractivity (Wildman–Crippen MR) is 213 cm³/mol. The topological polar surface area (TPSA) is 98.7 Å². The second-order valence-corrected chi connectivity index (χ2v) is 13.8. The van der Waals surface area contributed by atoms with E-state index in [4.69, 9.17) is 0 Å². The molecule has 7 nitrogen and oxygen atoms in total. The van der Waals surface area contributed by atoms with Crippen molar-refractivity contribution >= 4 is 27.2 Å². The van der Waals surface area contributed by atoms with Gasteiger partial charge >= 0.3 is 0 Å². The molecule has 276 valence electrons. The second kappa shape index (κ2) is 25.7. The Labute approximate surface area is 300 Å². The lowest BCUT2D eigenvalue weighted by Gasteiger charge is -2.28. The zero-order valence-electron chi connectivity index (χ0n) is 32.2. The van der Waals surface area contributed by atoms with Gasteiger partial charge in [0.1, 0.15) is 0 Å². The average molecular weight is 698 g/mol. The summed E-state index contributed by atoms with van der Waals surface area (Å²) < 4.78 is 28.1. The first-order valence-corrected chi connectivity index (χ1v) is 19.9. The Hall–Kier alpha value is -3.20. The Morgan fingerprint density at radius 2 is 1.63 bits per heavy atom. The number of carbonyl (C=O) groups excluding carboxylic acids is 1. The van der Waals surface area contributed by atoms with Crippen LogP contribution in [0.3, 0.4) is 0 Å². The number of carbonyl (C=O) groups is 1. The number of nitrogens with zero attached hydrogens (tertiary/aromatic N) is 1. The number of amides is 1. The lowest BCUT2D eigenvalue weighted by atomic mass is 9.92. The zero-order valence-corrected chi connectivity index (χ0v) is 33.1. The normalized spacial score (nSPS) is 12.9. The van der Waals surface area contributed by atoms with E-state index in [2.05, 4.69) is 44.1 Å². The SMILES string of the molecule is C=C/C(=C\C)CNCC(O)C(Cc1ccccc1)NC(=O)c1cc(/C(=C\C)CCCC)c(C)c(N(CC)S(=O)(=O)CCC)c1.CC.CCC. The van der Waals surface area contributed by atoms with Crippen molar-refractivity contribution in [2.45, 2.75) is 120 Å². The number of hydrogen-bond acceptors (Lipinski definition) is 5. The molecule has 2 aromatic carbocycles. The van der Waals surface area contributed by atoms with Gasteiger partial charge < -0.3 is 15.7 Å². The highest BCUT2D eigenvalue weighted by Crippen LogP contribution is 2.34. The van der Waals surface area contributed by atoms with E-state index in [0.717, 1.165) is 47.1 Å². The van der Waals surface area contributed by atoms with Gasteiger partial charge in [0.2, 0.25) is 10.0 Å². The molecule has 8 heteroatoms. The molecule has 2 unspecified atom stereocenters. The quantitative estimate of drug-likeness (QED) is 0.127. The highest BCUT2D eigenvalue weighted by Gasteiger charge is 2.27. The molecule has 2 aromatic rings. The molecule has 0 fully saturated rings. The number of benzene rings is 2. The first kappa shape index (κ1) is 45.8. The Balaban J connectivity index is 0.00000435. The summed E-state index contributed by atoms with van der Waals surface area (Å²) in [5.74, 6) is -0.333. The third-order valence-electron chi connectivity index (χ3n) is 7.89. The fourth-order valence-electron chi connectivity index (χ4n) is 5.31. The highest BCUT2D eigenvalue weighted by molar-refractivity contribution is 7.92. The van der Waals surface area contributed by atoms with Crippen molar-refractivity contribution in [1.82, 2.24) is 10.6 Å². The van der Waals surface area contributed by atoms with Crippen molar-refractivity contribution in [3.63, 3.8) is 0 Å². The first-order valence-electron chi connectivity index (χ1n) is 18.3. The second-order valence-electron chi connectivity index (χ2n) is 11.8. The third kappa shape index (κ3) is 15.5. The number of anilines is 1. The van der Waals surface area contributed by atoms with Crippen LogP contribution in [-0.2, 0) is 16.4 Å². The molecule has 0 aromatic heterocycles. The number of allylic oxidation sites excluding steroid dienone is 3. The molecule has 0 aliphatic heterocycles. The molecule has 3 N–H and O–H groups in total. The van der Waals surface area contributed by atoms with Crippen molar-refractivity contribution in [2.24, 2.45) is 0 Å². The van der Waals surface area contributed by atoms with Crippen LogP contribution in [-0.4, -0.2) is 57.0 Å². The monoisotopic (exact) mass is 697 g/mol. The number of aliphatic hydroxyl groups excluding tert-OH is 1. The van der Waals surface area contributed by atoms with E-state index in [9.17, 15) is 18.3 Å². The van der Waals surface area contributed by atoms with Crippen LogP contribution in [0.5, 0.6) is 0 Å². The molecule has 0 heterocycles. The summed E-state index contributed by atoms with van der Waals surface area (Å²) in [6.45, 7) is 24.8. The molecule has 0 aliphatic carbocycles. The van der Waals surface area contributed by atoms with E-state index in [1.165, 1.54) is 10.7 Å². The Morgan fingerprint density at radius 3 is 2.14 bits per heavy atom. The summed E-state index contributed by atoms with van der Waals surface area (Å²) in [4.78, 5) is 14.0. The summed E-state index contributed by atoms with van der Waals surface area (Å²) in [7, 11) is -3.58. The van der Waals surface area contributed by atoms with Crippen LogP contribution in [0.4, 0.5) is 5.69 Å². The van der Waals surface area contributed by atoms with Crippen molar-refractivity contribution in [2.75, 3.05) is 29.7 Å². The van der Waals surface area contributed by atoms with Crippen LogP contribution in [0, 0.1) is 6.92 Å². The van der Waals surface area contributed by atoms with E-state index in [1.807, 2.05) is 90.9 Å². The number of aliphatic hydroxyl groups is 1. The number of nitrogens with one attached hydrogen (secondary N) is 2. The first-order chi connectivity index (χ1) is 23.5. The van der Waals surface area contributed by atoms with Crippen LogP contribution in [0.25, 0.3) is 5.57 Å².